The molecule has 0 spiro atoms. The Balaban J connectivity index is 1.81. The van der Waals surface area contributed by atoms with Gasteiger partial charge in [-0.05, 0) is 44.0 Å². The number of hydrogen-bond donors (Lipinski definition) is 3. The highest BCUT2D eigenvalue weighted by atomic mass is 19.1. The van der Waals surface area contributed by atoms with Crippen LogP contribution in [0, 0.1) is 12.7 Å². The lowest BCUT2D eigenvalue weighted by Gasteiger charge is -2.24. The largest absolute Gasteiger partial charge is 0.459 e. The molecule has 7 heteroatoms. The molecule has 1 aromatic heterocycles. The summed E-state index contributed by atoms with van der Waals surface area (Å²) in [5.41, 5.74) is 1.44. The highest BCUT2D eigenvalue weighted by Gasteiger charge is 2.21. The first-order chi connectivity index (χ1) is 13.8. The van der Waals surface area contributed by atoms with Gasteiger partial charge in [0.25, 0.3) is 5.91 Å². The third kappa shape index (κ3) is 6.93. The van der Waals surface area contributed by atoms with Crippen molar-refractivity contribution >= 4 is 11.9 Å². The van der Waals surface area contributed by atoms with Gasteiger partial charge in [0.1, 0.15) is 5.82 Å². The Hall–Kier alpha value is -2.83. The number of halogens is 1. The standard InChI is InChI=1S/C22H31FN4O2/c1-5-24-21(27-15-22(3,4)17-8-6-9-18(23)14-17)26-12-7-11-25-20(28)19-16(2)10-13-29-19/h6,8-10,13-14H,5,7,11-12,15H2,1-4H3,(H,25,28)(H2,24,26,27). The summed E-state index contributed by atoms with van der Waals surface area (Å²) in [6.45, 7) is 10.4. The summed E-state index contributed by atoms with van der Waals surface area (Å²) in [6.07, 6.45) is 2.25. The lowest BCUT2D eigenvalue weighted by Crippen LogP contribution is -2.39. The van der Waals surface area contributed by atoms with Crippen molar-refractivity contribution in [3.8, 4) is 0 Å². The summed E-state index contributed by atoms with van der Waals surface area (Å²) >= 11 is 0. The van der Waals surface area contributed by atoms with Crippen molar-refractivity contribution in [1.82, 2.24) is 16.0 Å². The Morgan fingerprint density at radius 3 is 2.59 bits per heavy atom. The maximum atomic E-state index is 13.5. The van der Waals surface area contributed by atoms with Crippen molar-refractivity contribution in [3.05, 3.63) is 59.3 Å². The van der Waals surface area contributed by atoms with Crippen LogP contribution in [-0.4, -0.2) is 38.0 Å². The minimum Gasteiger partial charge on any atom is -0.459 e. The van der Waals surface area contributed by atoms with Crippen molar-refractivity contribution in [2.75, 3.05) is 26.2 Å². The van der Waals surface area contributed by atoms with Gasteiger partial charge in [0.15, 0.2) is 11.7 Å². The number of benzene rings is 1. The van der Waals surface area contributed by atoms with Crippen molar-refractivity contribution in [3.63, 3.8) is 0 Å². The van der Waals surface area contributed by atoms with Gasteiger partial charge in [-0.1, -0.05) is 26.0 Å². The van der Waals surface area contributed by atoms with Crippen LogP contribution in [0.15, 0.2) is 46.0 Å². The van der Waals surface area contributed by atoms with Crippen LogP contribution in [0.1, 0.15) is 48.9 Å². The van der Waals surface area contributed by atoms with Gasteiger partial charge in [0, 0.05) is 30.6 Å². The molecule has 2 aromatic rings. The first kappa shape index (κ1) is 22.5. The molecule has 0 atom stereocenters. The first-order valence-electron chi connectivity index (χ1n) is 9.94. The fraction of sp³-hybridized carbons (Fsp3) is 0.455. The molecule has 2 rings (SSSR count). The minimum atomic E-state index is -0.292. The van der Waals surface area contributed by atoms with Crippen LogP contribution in [0.4, 0.5) is 4.39 Å². The second kappa shape index (κ2) is 10.6. The van der Waals surface area contributed by atoms with Crippen LogP contribution in [0.25, 0.3) is 0 Å². The topological polar surface area (TPSA) is 78.7 Å². The molecule has 1 heterocycles. The Bertz CT molecular complexity index is 830. The second-order valence-electron chi connectivity index (χ2n) is 7.56. The predicted octanol–water partition coefficient (Wildman–Crippen LogP) is 3.38. The van der Waals surface area contributed by atoms with E-state index in [1.54, 1.807) is 18.2 Å². The summed E-state index contributed by atoms with van der Waals surface area (Å²) in [5.74, 6) is 0.610. The highest BCUT2D eigenvalue weighted by molar-refractivity contribution is 5.92. The number of nitrogens with zero attached hydrogens (tertiary/aromatic N) is 1. The summed E-state index contributed by atoms with van der Waals surface area (Å²) in [6, 6.07) is 8.40. The van der Waals surface area contributed by atoms with Crippen LogP contribution in [0.2, 0.25) is 0 Å². The van der Waals surface area contributed by atoms with Crippen molar-refractivity contribution in [2.45, 2.75) is 39.5 Å². The number of carbonyl (C=O) groups excluding carboxylic acids is 1. The van der Waals surface area contributed by atoms with Gasteiger partial charge in [-0.2, -0.15) is 0 Å². The lowest BCUT2D eigenvalue weighted by molar-refractivity contribution is 0.0925. The van der Waals surface area contributed by atoms with E-state index in [4.69, 9.17) is 4.42 Å². The summed E-state index contributed by atoms with van der Waals surface area (Å²) in [4.78, 5) is 16.7. The highest BCUT2D eigenvalue weighted by Crippen LogP contribution is 2.24. The van der Waals surface area contributed by atoms with E-state index in [1.807, 2.05) is 33.8 Å². The molecule has 158 valence electrons. The molecular formula is C22H31FN4O2. The molecule has 0 bridgehead atoms. The Morgan fingerprint density at radius 2 is 1.93 bits per heavy atom. The smallest absolute Gasteiger partial charge is 0.287 e. The van der Waals surface area contributed by atoms with Gasteiger partial charge in [-0.25, -0.2) is 4.39 Å². The lowest BCUT2D eigenvalue weighted by atomic mass is 9.85. The quantitative estimate of drug-likeness (QED) is 0.341. The number of nitrogens with one attached hydrogen (secondary N) is 3. The van der Waals surface area contributed by atoms with E-state index in [0.717, 1.165) is 24.1 Å². The maximum absolute atomic E-state index is 13.5. The Kier molecular flexibility index (Phi) is 8.24. The van der Waals surface area contributed by atoms with Crippen LogP contribution in [0.3, 0.4) is 0 Å². The molecule has 0 radical (unpaired) electrons. The van der Waals surface area contributed by atoms with Crippen molar-refractivity contribution in [2.24, 2.45) is 4.99 Å². The molecule has 0 aliphatic rings. The average Bonchev–Trinajstić information content (AvgIpc) is 3.11. The molecule has 0 aliphatic heterocycles. The SMILES string of the molecule is CCNC(=NCC(C)(C)c1cccc(F)c1)NCCCNC(=O)c1occc1C. The summed E-state index contributed by atoms with van der Waals surface area (Å²) in [5, 5.41) is 9.32. The first-order valence-corrected chi connectivity index (χ1v) is 9.94. The molecule has 29 heavy (non-hydrogen) atoms. The minimum absolute atomic E-state index is 0.204. The molecule has 0 fully saturated rings. The zero-order valence-corrected chi connectivity index (χ0v) is 17.6. The zero-order chi connectivity index (χ0) is 21.3. The van der Waals surface area contributed by atoms with Crippen LogP contribution < -0.4 is 16.0 Å². The van der Waals surface area contributed by atoms with Crippen LogP contribution in [0.5, 0.6) is 0 Å². The molecular weight excluding hydrogens is 371 g/mol. The number of guanidine groups is 1. The fourth-order valence-electron chi connectivity index (χ4n) is 2.80. The van der Waals surface area contributed by atoms with E-state index >= 15 is 0 Å². The number of hydrogen-bond acceptors (Lipinski definition) is 3. The van der Waals surface area contributed by atoms with Crippen LogP contribution >= 0.6 is 0 Å². The fourth-order valence-corrected chi connectivity index (χ4v) is 2.80. The molecule has 3 N–H and O–H groups in total. The second-order valence-corrected chi connectivity index (χ2v) is 7.56. The van der Waals surface area contributed by atoms with E-state index in [-0.39, 0.29) is 17.1 Å². The van der Waals surface area contributed by atoms with Gasteiger partial charge in [-0.3, -0.25) is 9.79 Å². The zero-order valence-electron chi connectivity index (χ0n) is 17.6. The van der Waals surface area contributed by atoms with Gasteiger partial charge < -0.3 is 20.4 Å². The van der Waals surface area contributed by atoms with Crippen molar-refractivity contribution in [1.29, 1.82) is 0 Å². The van der Waals surface area contributed by atoms with E-state index in [1.165, 1.54) is 12.3 Å². The van der Waals surface area contributed by atoms with E-state index < -0.39 is 0 Å². The number of rotatable bonds is 9. The Labute approximate surface area is 172 Å². The molecule has 6 nitrogen and oxygen atoms in total. The van der Waals surface area contributed by atoms with Gasteiger partial charge in [0.05, 0.1) is 12.8 Å². The summed E-state index contributed by atoms with van der Waals surface area (Å²) < 4.78 is 18.7. The third-order valence-corrected chi connectivity index (χ3v) is 4.58. The van der Waals surface area contributed by atoms with E-state index in [9.17, 15) is 9.18 Å². The van der Waals surface area contributed by atoms with Gasteiger partial charge in [-0.15, -0.1) is 0 Å². The third-order valence-electron chi connectivity index (χ3n) is 4.58. The molecule has 1 amide bonds. The molecule has 0 saturated heterocycles. The average molecular weight is 403 g/mol. The normalized spacial score (nSPS) is 12.0. The number of carbonyl (C=O) groups is 1. The number of aliphatic imine (C=N–C) groups is 1. The number of furan rings is 1. The maximum Gasteiger partial charge on any atom is 0.287 e. The van der Waals surface area contributed by atoms with Gasteiger partial charge in [0.2, 0.25) is 0 Å². The number of amides is 1. The van der Waals surface area contributed by atoms with Crippen LogP contribution in [-0.2, 0) is 5.41 Å². The molecule has 1 aromatic carbocycles. The number of aryl methyl sites for hydroxylation is 1. The summed E-state index contributed by atoms with van der Waals surface area (Å²) in [7, 11) is 0. The molecule has 0 aliphatic carbocycles. The van der Waals surface area contributed by atoms with Gasteiger partial charge >= 0.3 is 0 Å². The van der Waals surface area contributed by atoms with Crippen molar-refractivity contribution < 1.29 is 13.6 Å². The van der Waals surface area contributed by atoms with E-state index in [0.29, 0.717) is 31.4 Å². The Morgan fingerprint density at radius 1 is 1.17 bits per heavy atom. The monoisotopic (exact) mass is 402 g/mol. The molecule has 0 unspecified atom stereocenters. The van der Waals surface area contributed by atoms with E-state index in [2.05, 4.69) is 20.9 Å². The predicted molar refractivity (Wildman–Crippen MR) is 114 cm³/mol. The molecule has 0 saturated carbocycles.